The zero-order valence-electron chi connectivity index (χ0n) is 7.52. The number of carboxylic acid groups (broad SMARTS) is 2. The molecular weight excluding hydrogens is 210 g/mol. The van der Waals surface area contributed by atoms with E-state index < -0.39 is 23.9 Å². The molecule has 0 saturated carbocycles. The number of hydrogen-bond donors (Lipinski definition) is 3. The topological polar surface area (TPSA) is 104 Å². The van der Waals surface area contributed by atoms with E-state index in [0.717, 1.165) is 11.8 Å². The van der Waals surface area contributed by atoms with Gasteiger partial charge in [0.05, 0.1) is 5.75 Å². The van der Waals surface area contributed by atoms with Crippen molar-refractivity contribution >= 4 is 29.6 Å². The fraction of sp³-hybridized carbons (Fsp3) is 0.571. The van der Waals surface area contributed by atoms with Gasteiger partial charge in [0.15, 0.2) is 0 Å². The normalized spacial score (nSPS) is 11.8. The first-order valence-electron chi connectivity index (χ1n) is 3.73. The summed E-state index contributed by atoms with van der Waals surface area (Å²) in [4.78, 5) is 31.2. The molecule has 0 aliphatic heterocycles. The Morgan fingerprint density at radius 3 is 2.29 bits per heavy atom. The molecule has 3 N–H and O–H groups in total. The van der Waals surface area contributed by atoms with Crippen LogP contribution in [-0.4, -0.2) is 45.6 Å². The highest BCUT2D eigenvalue weighted by Gasteiger charge is 2.18. The molecule has 0 radical (unpaired) electrons. The lowest BCUT2D eigenvalue weighted by Gasteiger charge is -2.11. The van der Waals surface area contributed by atoms with Gasteiger partial charge in [0.1, 0.15) is 6.04 Å². The molecule has 0 aromatic heterocycles. The fourth-order valence-electron chi connectivity index (χ4n) is 0.684. The summed E-state index contributed by atoms with van der Waals surface area (Å²) in [5, 5.41) is 19.1. The molecule has 6 nitrogen and oxygen atoms in total. The first-order chi connectivity index (χ1) is 6.43. The van der Waals surface area contributed by atoms with E-state index in [2.05, 4.69) is 5.32 Å². The zero-order valence-corrected chi connectivity index (χ0v) is 8.34. The molecule has 7 heteroatoms. The Morgan fingerprint density at radius 2 is 1.93 bits per heavy atom. The molecule has 0 unspecified atom stereocenters. The molecule has 0 bridgehead atoms. The third kappa shape index (κ3) is 6.30. The molecule has 0 fully saturated rings. The quantitative estimate of drug-likeness (QED) is 0.553. The third-order valence-corrected chi connectivity index (χ3v) is 2.21. The highest BCUT2D eigenvalue weighted by atomic mass is 32.2. The van der Waals surface area contributed by atoms with Crippen LogP contribution in [0.5, 0.6) is 0 Å². The van der Waals surface area contributed by atoms with Crippen LogP contribution in [0, 0.1) is 0 Å². The standard InChI is InChI=1S/C7H11NO5S/c1-4(9)8-5(7(12)13)2-14-3-6(10)11/h5H,2-3H2,1H3,(H,8,9)(H,10,11)(H,12,13)/t5-/m0/s1. The number of carbonyl (C=O) groups is 3. The number of hydrogen-bond acceptors (Lipinski definition) is 4. The molecule has 14 heavy (non-hydrogen) atoms. The minimum Gasteiger partial charge on any atom is -0.481 e. The number of rotatable bonds is 6. The molecule has 1 amide bonds. The van der Waals surface area contributed by atoms with Crippen LogP contribution in [0.4, 0.5) is 0 Å². The van der Waals surface area contributed by atoms with Crippen LogP contribution < -0.4 is 5.32 Å². The summed E-state index contributed by atoms with van der Waals surface area (Å²) in [6.07, 6.45) is 0. The number of carbonyl (C=O) groups excluding carboxylic acids is 1. The van der Waals surface area contributed by atoms with Crippen molar-refractivity contribution < 1.29 is 24.6 Å². The van der Waals surface area contributed by atoms with Crippen LogP contribution in [0.1, 0.15) is 6.92 Å². The van der Waals surface area contributed by atoms with Crippen molar-refractivity contribution in [2.45, 2.75) is 13.0 Å². The second-order valence-corrected chi connectivity index (χ2v) is 3.53. The summed E-state index contributed by atoms with van der Waals surface area (Å²) in [6, 6.07) is -1.03. The average Bonchev–Trinajstić information content (AvgIpc) is 2.00. The van der Waals surface area contributed by atoms with Gasteiger partial charge in [-0.05, 0) is 0 Å². The predicted molar refractivity (Wildman–Crippen MR) is 50.2 cm³/mol. The summed E-state index contributed by atoms with van der Waals surface area (Å²) in [5.41, 5.74) is 0. The van der Waals surface area contributed by atoms with Crippen LogP contribution >= 0.6 is 11.8 Å². The SMILES string of the molecule is CC(=O)N[C@@H](CSCC(=O)O)C(=O)O. The molecule has 0 spiro atoms. The second-order valence-electron chi connectivity index (χ2n) is 2.50. The summed E-state index contributed by atoms with van der Waals surface area (Å²) in [7, 11) is 0. The van der Waals surface area contributed by atoms with Gasteiger partial charge >= 0.3 is 11.9 Å². The molecule has 0 aromatic rings. The summed E-state index contributed by atoms with van der Waals surface area (Å²) >= 11 is 0.945. The van der Waals surface area contributed by atoms with Gasteiger partial charge < -0.3 is 15.5 Å². The molecular formula is C7H11NO5S. The second kappa shape index (κ2) is 6.25. The fourth-order valence-corrected chi connectivity index (χ4v) is 1.44. The minimum absolute atomic E-state index is 0.0429. The Bertz CT molecular complexity index is 242. The Labute approximate surface area is 84.7 Å². The Kier molecular flexibility index (Phi) is 5.70. The van der Waals surface area contributed by atoms with Crippen molar-refractivity contribution in [1.82, 2.24) is 5.32 Å². The highest BCUT2D eigenvalue weighted by Crippen LogP contribution is 2.02. The van der Waals surface area contributed by atoms with Crippen LogP contribution in [0.15, 0.2) is 0 Å². The molecule has 0 aliphatic carbocycles. The Balaban J connectivity index is 3.91. The van der Waals surface area contributed by atoms with Crippen LogP contribution in [0.2, 0.25) is 0 Å². The molecule has 80 valence electrons. The molecule has 0 saturated heterocycles. The van der Waals surface area contributed by atoms with Crippen molar-refractivity contribution in [2.75, 3.05) is 11.5 Å². The van der Waals surface area contributed by atoms with Crippen molar-refractivity contribution in [3.63, 3.8) is 0 Å². The zero-order chi connectivity index (χ0) is 11.1. The van der Waals surface area contributed by atoms with Crippen molar-refractivity contribution in [3.05, 3.63) is 0 Å². The van der Waals surface area contributed by atoms with E-state index in [1.165, 1.54) is 6.92 Å². The maximum Gasteiger partial charge on any atom is 0.327 e. The Morgan fingerprint density at radius 1 is 1.36 bits per heavy atom. The minimum atomic E-state index is -1.17. The van der Waals surface area contributed by atoms with E-state index >= 15 is 0 Å². The maximum absolute atomic E-state index is 10.6. The highest BCUT2D eigenvalue weighted by molar-refractivity contribution is 8.00. The van der Waals surface area contributed by atoms with Gasteiger partial charge in [-0.2, -0.15) is 0 Å². The number of amides is 1. The number of nitrogens with one attached hydrogen (secondary N) is 1. The lowest BCUT2D eigenvalue weighted by Crippen LogP contribution is -2.41. The lowest BCUT2D eigenvalue weighted by molar-refractivity contribution is -0.140. The molecule has 0 rings (SSSR count). The van der Waals surface area contributed by atoms with Crippen LogP contribution in [0.3, 0.4) is 0 Å². The van der Waals surface area contributed by atoms with Crippen LogP contribution in [-0.2, 0) is 14.4 Å². The lowest BCUT2D eigenvalue weighted by atomic mass is 10.3. The van der Waals surface area contributed by atoms with E-state index in [9.17, 15) is 14.4 Å². The third-order valence-electron chi connectivity index (χ3n) is 1.19. The van der Waals surface area contributed by atoms with E-state index in [1.54, 1.807) is 0 Å². The maximum atomic E-state index is 10.6. The van der Waals surface area contributed by atoms with Gasteiger partial charge in [-0.3, -0.25) is 9.59 Å². The van der Waals surface area contributed by atoms with Gasteiger partial charge in [-0.15, -0.1) is 11.8 Å². The van der Waals surface area contributed by atoms with Crippen molar-refractivity contribution in [3.8, 4) is 0 Å². The molecule has 0 heterocycles. The number of thioether (sulfide) groups is 1. The molecule has 1 atom stereocenters. The number of aliphatic carboxylic acids is 2. The van der Waals surface area contributed by atoms with Gasteiger partial charge in [0.25, 0.3) is 0 Å². The van der Waals surface area contributed by atoms with Gasteiger partial charge in [-0.25, -0.2) is 4.79 Å². The summed E-state index contributed by atoms with van der Waals surface area (Å²) in [5.74, 6) is -2.77. The average molecular weight is 221 g/mol. The van der Waals surface area contributed by atoms with E-state index in [0.29, 0.717) is 0 Å². The van der Waals surface area contributed by atoms with Gasteiger partial charge in [0.2, 0.25) is 5.91 Å². The first kappa shape index (κ1) is 12.8. The van der Waals surface area contributed by atoms with E-state index in [4.69, 9.17) is 10.2 Å². The monoisotopic (exact) mass is 221 g/mol. The van der Waals surface area contributed by atoms with Crippen LogP contribution in [0.25, 0.3) is 0 Å². The van der Waals surface area contributed by atoms with Crippen molar-refractivity contribution in [2.24, 2.45) is 0 Å². The molecule has 0 aliphatic rings. The van der Waals surface area contributed by atoms with Gasteiger partial charge in [0, 0.05) is 12.7 Å². The molecule has 0 aromatic carbocycles. The summed E-state index contributed by atoms with van der Waals surface area (Å²) in [6.45, 7) is 1.21. The summed E-state index contributed by atoms with van der Waals surface area (Å²) < 4.78 is 0. The largest absolute Gasteiger partial charge is 0.481 e. The van der Waals surface area contributed by atoms with E-state index in [1.807, 2.05) is 0 Å². The van der Waals surface area contributed by atoms with Crippen molar-refractivity contribution in [1.29, 1.82) is 0 Å². The number of carboxylic acids is 2. The predicted octanol–water partition coefficient (Wildman–Crippen LogP) is -0.606. The first-order valence-corrected chi connectivity index (χ1v) is 4.88. The van der Waals surface area contributed by atoms with E-state index in [-0.39, 0.29) is 11.5 Å². The Hall–Kier alpha value is -1.24. The smallest absolute Gasteiger partial charge is 0.327 e. The van der Waals surface area contributed by atoms with Gasteiger partial charge in [-0.1, -0.05) is 0 Å².